The third kappa shape index (κ3) is 3.08. The van der Waals surface area contributed by atoms with E-state index in [-0.39, 0.29) is 0 Å². The van der Waals surface area contributed by atoms with Crippen molar-refractivity contribution in [3.05, 3.63) is 35.2 Å². The minimum absolute atomic E-state index is 0.362. The molecular formula is C11H10ClN3OS. The molecule has 2 aromatic rings. The normalized spacial score (nSPS) is 10.3. The Morgan fingerprint density at radius 1 is 1.35 bits per heavy atom. The molecule has 0 saturated heterocycles. The fraction of sp³-hybridized carbons (Fsp3) is 0.182. The van der Waals surface area contributed by atoms with Gasteiger partial charge in [-0.25, -0.2) is 4.98 Å². The minimum Gasteiger partial charge on any atom is -0.437 e. The van der Waals surface area contributed by atoms with E-state index in [1.165, 1.54) is 11.8 Å². The molecule has 17 heavy (non-hydrogen) atoms. The number of hydrogen-bond acceptors (Lipinski definition) is 5. The standard InChI is InChI=1S/C11H10ClN3OS/c1-7-8(4-3-5-13-7)16-10-6-9(12)14-11(15-10)17-2/h3-6H,1-2H3. The van der Waals surface area contributed by atoms with Crippen LogP contribution in [-0.4, -0.2) is 21.2 Å². The molecule has 0 radical (unpaired) electrons. The average Bonchev–Trinajstić information content (AvgIpc) is 2.31. The zero-order valence-corrected chi connectivity index (χ0v) is 10.9. The molecule has 0 aliphatic carbocycles. The zero-order valence-electron chi connectivity index (χ0n) is 9.35. The van der Waals surface area contributed by atoms with Gasteiger partial charge in [0.25, 0.3) is 0 Å². The minimum atomic E-state index is 0.362. The number of rotatable bonds is 3. The van der Waals surface area contributed by atoms with Gasteiger partial charge in [0.15, 0.2) is 10.9 Å². The Kier molecular flexibility index (Phi) is 3.81. The molecule has 0 amide bonds. The van der Waals surface area contributed by atoms with E-state index in [0.29, 0.717) is 21.9 Å². The number of halogens is 1. The first kappa shape index (κ1) is 12.1. The van der Waals surface area contributed by atoms with Crippen LogP contribution in [0, 0.1) is 6.92 Å². The Hall–Kier alpha value is -1.33. The van der Waals surface area contributed by atoms with Gasteiger partial charge in [0.2, 0.25) is 5.88 Å². The molecule has 88 valence electrons. The van der Waals surface area contributed by atoms with Crippen LogP contribution < -0.4 is 4.74 Å². The molecule has 0 aliphatic rings. The maximum absolute atomic E-state index is 5.87. The number of thioether (sulfide) groups is 1. The summed E-state index contributed by atoms with van der Waals surface area (Å²) >= 11 is 7.28. The lowest BCUT2D eigenvalue weighted by Crippen LogP contribution is -1.94. The smallest absolute Gasteiger partial charge is 0.224 e. The van der Waals surface area contributed by atoms with Crippen LogP contribution >= 0.6 is 23.4 Å². The summed E-state index contributed by atoms with van der Waals surface area (Å²) in [4.78, 5) is 12.4. The van der Waals surface area contributed by atoms with Crippen molar-refractivity contribution in [3.63, 3.8) is 0 Å². The number of nitrogens with zero attached hydrogens (tertiary/aromatic N) is 3. The Bertz CT molecular complexity index is 536. The molecule has 4 nitrogen and oxygen atoms in total. The van der Waals surface area contributed by atoms with Gasteiger partial charge >= 0.3 is 0 Å². The van der Waals surface area contributed by atoms with E-state index in [0.717, 1.165) is 5.69 Å². The molecule has 0 bridgehead atoms. The van der Waals surface area contributed by atoms with E-state index in [1.54, 1.807) is 18.3 Å². The first-order valence-electron chi connectivity index (χ1n) is 4.87. The Labute approximate surface area is 108 Å². The Morgan fingerprint density at radius 2 is 2.18 bits per heavy atom. The lowest BCUT2D eigenvalue weighted by Gasteiger charge is -2.07. The molecule has 0 spiro atoms. The second-order valence-corrected chi connectivity index (χ2v) is 4.37. The van der Waals surface area contributed by atoms with Gasteiger partial charge in [-0.2, -0.15) is 4.98 Å². The van der Waals surface area contributed by atoms with E-state index < -0.39 is 0 Å². The fourth-order valence-corrected chi connectivity index (χ4v) is 1.81. The molecule has 2 heterocycles. The van der Waals surface area contributed by atoms with Gasteiger partial charge in [-0.3, -0.25) is 4.98 Å². The highest BCUT2D eigenvalue weighted by molar-refractivity contribution is 7.98. The summed E-state index contributed by atoms with van der Waals surface area (Å²) < 4.78 is 5.62. The van der Waals surface area contributed by atoms with Gasteiger partial charge in [0.1, 0.15) is 5.15 Å². The molecule has 2 aromatic heterocycles. The third-order valence-corrected chi connectivity index (χ3v) is 2.75. The summed E-state index contributed by atoms with van der Waals surface area (Å²) in [5, 5.41) is 0.940. The van der Waals surface area contributed by atoms with Gasteiger partial charge in [-0.1, -0.05) is 23.4 Å². The van der Waals surface area contributed by atoms with Crippen LogP contribution in [0.3, 0.4) is 0 Å². The lowest BCUT2D eigenvalue weighted by atomic mass is 10.3. The fourth-order valence-electron chi connectivity index (χ4n) is 1.21. The molecule has 0 fully saturated rings. The molecule has 0 atom stereocenters. The lowest BCUT2D eigenvalue weighted by molar-refractivity contribution is 0.449. The van der Waals surface area contributed by atoms with Crippen LogP contribution in [-0.2, 0) is 0 Å². The van der Waals surface area contributed by atoms with Gasteiger partial charge in [-0.15, -0.1) is 0 Å². The molecule has 0 N–H and O–H groups in total. The summed E-state index contributed by atoms with van der Waals surface area (Å²) in [6.07, 6.45) is 3.59. The molecule has 0 aromatic carbocycles. The van der Waals surface area contributed by atoms with Crippen molar-refractivity contribution in [1.29, 1.82) is 0 Å². The number of aromatic nitrogens is 3. The predicted molar refractivity (Wildman–Crippen MR) is 67.9 cm³/mol. The van der Waals surface area contributed by atoms with Crippen LogP contribution in [0.25, 0.3) is 0 Å². The van der Waals surface area contributed by atoms with Crippen molar-refractivity contribution in [2.24, 2.45) is 0 Å². The van der Waals surface area contributed by atoms with Crippen LogP contribution in [0.4, 0.5) is 0 Å². The predicted octanol–water partition coefficient (Wildman–Crippen LogP) is 3.35. The van der Waals surface area contributed by atoms with Crippen molar-refractivity contribution in [2.45, 2.75) is 12.1 Å². The summed E-state index contributed by atoms with van der Waals surface area (Å²) in [5.74, 6) is 1.08. The monoisotopic (exact) mass is 267 g/mol. The van der Waals surface area contributed by atoms with E-state index in [1.807, 2.05) is 19.2 Å². The first-order valence-corrected chi connectivity index (χ1v) is 6.47. The largest absolute Gasteiger partial charge is 0.437 e. The molecule has 2 rings (SSSR count). The zero-order chi connectivity index (χ0) is 12.3. The second kappa shape index (κ2) is 5.33. The van der Waals surface area contributed by atoms with Crippen molar-refractivity contribution in [2.75, 3.05) is 6.26 Å². The molecular weight excluding hydrogens is 258 g/mol. The number of aryl methyl sites for hydroxylation is 1. The van der Waals surface area contributed by atoms with Crippen molar-refractivity contribution in [1.82, 2.24) is 15.0 Å². The Balaban J connectivity index is 2.30. The van der Waals surface area contributed by atoms with Crippen molar-refractivity contribution >= 4 is 23.4 Å². The molecule has 0 unspecified atom stereocenters. The van der Waals surface area contributed by atoms with E-state index >= 15 is 0 Å². The summed E-state index contributed by atoms with van der Waals surface area (Å²) in [7, 11) is 0. The van der Waals surface area contributed by atoms with Gasteiger partial charge in [-0.05, 0) is 25.3 Å². The quantitative estimate of drug-likeness (QED) is 0.485. The highest BCUT2D eigenvalue weighted by Gasteiger charge is 2.06. The van der Waals surface area contributed by atoms with E-state index in [2.05, 4.69) is 15.0 Å². The maximum Gasteiger partial charge on any atom is 0.224 e. The summed E-state index contributed by atoms with van der Waals surface area (Å²) in [5.41, 5.74) is 0.799. The highest BCUT2D eigenvalue weighted by Crippen LogP contribution is 2.25. The van der Waals surface area contributed by atoms with Gasteiger partial charge in [0, 0.05) is 12.3 Å². The van der Waals surface area contributed by atoms with Crippen LogP contribution in [0.15, 0.2) is 29.6 Å². The van der Waals surface area contributed by atoms with Crippen LogP contribution in [0.2, 0.25) is 5.15 Å². The summed E-state index contributed by atoms with van der Waals surface area (Å²) in [6, 6.07) is 5.21. The maximum atomic E-state index is 5.87. The molecule has 6 heteroatoms. The van der Waals surface area contributed by atoms with E-state index in [4.69, 9.17) is 16.3 Å². The number of pyridine rings is 1. The number of hydrogen-bond donors (Lipinski definition) is 0. The van der Waals surface area contributed by atoms with E-state index in [9.17, 15) is 0 Å². The van der Waals surface area contributed by atoms with Crippen molar-refractivity contribution < 1.29 is 4.74 Å². The number of ether oxygens (including phenoxy) is 1. The third-order valence-electron chi connectivity index (χ3n) is 2.01. The van der Waals surface area contributed by atoms with Gasteiger partial charge < -0.3 is 4.74 Å². The average molecular weight is 268 g/mol. The summed E-state index contributed by atoms with van der Waals surface area (Å²) in [6.45, 7) is 1.87. The first-order chi connectivity index (χ1) is 8.19. The topological polar surface area (TPSA) is 47.9 Å². The SMILES string of the molecule is CSc1nc(Cl)cc(Oc2cccnc2C)n1. The van der Waals surface area contributed by atoms with Crippen molar-refractivity contribution in [3.8, 4) is 11.6 Å². The molecule has 0 saturated carbocycles. The van der Waals surface area contributed by atoms with Crippen LogP contribution in [0.5, 0.6) is 11.6 Å². The van der Waals surface area contributed by atoms with Crippen LogP contribution in [0.1, 0.15) is 5.69 Å². The molecule has 0 aliphatic heterocycles. The second-order valence-electron chi connectivity index (χ2n) is 3.20. The highest BCUT2D eigenvalue weighted by atomic mass is 35.5. The Morgan fingerprint density at radius 3 is 2.88 bits per heavy atom. The van der Waals surface area contributed by atoms with Gasteiger partial charge in [0.05, 0.1) is 5.69 Å².